The molecule has 0 bridgehead atoms. The Hall–Kier alpha value is -1.60. The van der Waals surface area contributed by atoms with Crippen LogP contribution in [0.2, 0.25) is 0 Å². The van der Waals surface area contributed by atoms with Crippen molar-refractivity contribution in [2.45, 2.75) is 18.7 Å². The summed E-state index contributed by atoms with van der Waals surface area (Å²) in [6.07, 6.45) is 2.02. The Balaban J connectivity index is 0.00000280. The van der Waals surface area contributed by atoms with Gasteiger partial charge in [0.2, 0.25) is 0 Å². The fourth-order valence-electron chi connectivity index (χ4n) is 2.97. The van der Waals surface area contributed by atoms with Gasteiger partial charge in [0.05, 0.1) is 10.2 Å². The zero-order valence-electron chi connectivity index (χ0n) is 16.9. The number of hydrogen-bond acceptors (Lipinski definition) is 5. The van der Waals surface area contributed by atoms with E-state index >= 15 is 0 Å². The van der Waals surface area contributed by atoms with E-state index in [-0.39, 0.29) is 18.3 Å². The van der Waals surface area contributed by atoms with Crippen LogP contribution in [-0.2, 0) is 0 Å². The largest absolute Gasteiger partial charge is 0.308 e. The number of carbonyl (C=O) groups is 1. The fourth-order valence-corrected chi connectivity index (χ4v) is 4.60. The van der Waals surface area contributed by atoms with E-state index < -0.39 is 0 Å². The van der Waals surface area contributed by atoms with Gasteiger partial charge in [-0.05, 0) is 69.6 Å². The van der Waals surface area contributed by atoms with Crippen LogP contribution in [0.1, 0.15) is 21.5 Å². The van der Waals surface area contributed by atoms with Crippen molar-refractivity contribution in [1.82, 2.24) is 9.88 Å². The first kappa shape index (κ1) is 22.7. The predicted octanol–water partition coefficient (Wildman–Crippen LogP) is 5.27. The third-order valence-electron chi connectivity index (χ3n) is 4.38. The summed E-state index contributed by atoms with van der Waals surface area (Å²) in [6.45, 7) is 5.55. The molecule has 0 fully saturated rings. The van der Waals surface area contributed by atoms with Crippen molar-refractivity contribution < 1.29 is 4.79 Å². The van der Waals surface area contributed by atoms with E-state index in [1.54, 1.807) is 23.1 Å². The molecule has 0 radical (unpaired) electrons. The molecule has 7 heteroatoms. The lowest BCUT2D eigenvalue weighted by Gasteiger charge is -2.22. The van der Waals surface area contributed by atoms with Gasteiger partial charge in [-0.1, -0.05) is 23.5 Å². The summed E-state index contributed by atoms with van der Waals surface area (Å²) in [5.41, 5.74) is 4.06. The van der Waals surface area contributed by atoms with Gasteiger partial charge < -0.3 is 4.90 Å². The molecule has 1 aromatic heterocycles. The number of halogens is 1. The fraction of sp³-hybridized carbons (Fsp3) is 0.333. The van der Waals surface area contributed by atoms with Gasteiger partial charge >= 0.3 is 0 Å². The lowest BCUT2D eigenvalue weighted by atomic mass is 10.1. The molecular weight excluding hydrogens is 410 g/mol. The van der Waals surface area contributed by atoms with Crippen molar-refractivity contribution in [3.63, 3.8) is 0 Å². The van der Waals surface area contributed by atoms with Crippen molar-refractivity contribution in [1.29, 1.82) is 0 Å². The average Bonchev–Trinajstić information content (AvgIpc) is 3.05. The van der Waals surface area contributed by atoms with E-state index in [0.29, 0.717) is 12.1 Å². The lowest BCUT2D eigenvalue weighted by Crippen LogP contribution is -2.36. The molecule has 28 heavy (non-hydrogen) atoms. The molecule has 0 spiro atoms. The number of aryl methyl sites for hydroxylation is 2. The molecule has 1 amide bonds. The summed E-state index contributed by atoms with van der Waals surface area (Å²) < 4.78 is 1.13. The second-order valence-corrected chi connectivity index (χ2v) is 8.81. The van der Waals surface area contributed by atoms with Gasteiger partial charge in [-0.3, -0.25) is 9.69 Å². The Labute approximate surface area is 181 Å². The number of benzene rings is 2. The normalized spacial score (nSPS) is 10.9. The Kier molecular flexibility index (Phi) is 7.89. The van der Waals surface area contributed by atoms with Crippen LogP contribution < -0.4 is 4.90 Å². The molecule has 2 aromatic carbocycles. The lowest BCUT2D eigenvalue weighted by molar-refractivity contribution is 0.0985. The summed E-state index contributed by atoms with van der Waals surface area (Å²) in [7, 11) is 4.03. The molecule has 0 saturated carbocycles. The van der Waals surface area contributed by atoms with Crippen LogP contribution in [0.3, 0.4) is 0 Å². The van der Waals surface area contributed by atoms with E-state index in [4.69, 9.17) is 4.98 Å². The number of anilines is 1. The third-order valence-corrected chi connectivity index (χ3v) is 6.13. The third kappa shape index (κ3) is 5.06. The quantitative estimate of drug-likeness (QED) is 0.494. The molecule has 150 valence electrons. The van der Waals surface area contributed by atoms with Crippen molar-refractivity contribution in [3.8, 4) is 0 Å². The summed E-state index contributed by atoms with van der Waals surface area (Å²) in [4.78, 5) is 23.1. The number of hydrogen-bond donors (Lipinski definition) is 0. The van der Waals surface area contributed by atoms with Crippen molar-refractivity contribution in [2.24, 2.45) is 0 Å². The summed E-state index contributed by atoms with van der Waals surface area (Å²) in [5.74, 6) is 0.00109. The molecule has 0 N–H and O–H groups in total. The van der Waals surface area contributed by atoms with Crippen LogP contribution in [0.25, 0.3) is 10.2 Å². The van der Waals surface area contributed by atoms with Crippen molar-refractivity contribution in [3.05, 3.63) is 53.1 Å². The van der Waals surface area contributed by atoms with E-state index in [1.807, 2.05) is 49.5 Å². The highest BCUT2D eigenvalue weighted by atomic mass is 35.5. The zero-order valence-corrected chi connectivity index (χ0v) is 19.3. The highest BCUT2D eigenvalue weighted by molar-refractivity contribution is 7.98. The first-order valence-corrected chi connectivity index (χ1v) is 10.9. The summed E-state index contributed by atoms with van der Waals surface area (Å²) in [5, 5.41) is 0.764. The number of likely N-dealkylation sites (N-methyl/N-ethyl adjacent to an activating group) is 1. The van der Waals surface area contributed by atoms with Crippen LogP contribution in [-0.4, -0.2) is 49.2 Å². The minimum Gasteiger partial charge on any atom is -0.308 e. The molecule has 1 heterocycles. The van der Waals surface area contributed by atoms with Gasteiger partial charge in [0.1, 0.15) is 0 Å². The van der Waals surface area contributed by atoms with Crippen LogP contribution >= 0.6 is 35.5 Å². The highest BCUT2D eigenvalue weighted by Gasteiger charge is 2.22. The minimum absolute atomic E-state index is 0. The van der Waals surface area contributed by atoms with Gasteiger partial charge in [-0.2, -0.15) is 0 Å². The highest BCUT2D eigenvalue weighted by Crippen LogP contribution is 2.32. The molecule has 3 rings (SSSR count). The molecule has 4 nitrogen and oxygen atoms in total. The second-order valence-electron chi connectivity index (χ2n) is 6.92. The van der Waals surface area contributed by atoms with Gasteiger partial charge in [0, 0.05) is 23.5 Å². The first-order valence-electron chi connectivity index (χ1n) is 8.87. The summed E-state index contributed by atoms with van der Waals surface area (Å²) >= 11 is 3.23. The maximum atomic E-state index is 13.3. The van der Waals surface area contributed by atoms with Crippen molar-refractivity contribution >= 4 is 56.8 Å². The molecule has 0 unspecified atom stereocenters. The first-order chi connectivity index (χ1) is 12.9. The minimum atomic E-state index is 0. The zero-order chi connectivity index (χ0) is 19.6. The van der Waals surface area contributed by atoms with Gasteiger partial charge in [-0.25, -0.2) is 4.98 Å². The van der Waals surface area contributed by atoms with Crippen LogP contribution in [0.5, 0.6) is 0 Å². The molecule has 0 aliphatic rings. The van der Waals surface area contributed by atoms with Crippen LogP contribution in [0, 0.1) is 13.8 Å². The van der Waals surface area contributed by atoms with Crippen molar-refractivity contribution in [2.75, 3.05) is 38.3 Å². The number of nitrogens with zero attached hydrogens (tertiary/aromatic N) is 3. The Morgan fingerprint density at radius 3 is 2.57 bits per heavy atom. The van der Waals surface area contributed by atoms with Crippen LogP contribution in [0.15, 0.2) is 41.3 Å². The van der Waals surface area contributed by atoms with E-state index in [9.17, 15) is 4.79 Å². The Bertz CT molecular complexity index is 971. The maximum Gasteiger partial charge on any atom is 0.260 e. The maximum absolute atomic E-state index is 13.3. The number of thioether (sulfide) groups is 1. The number of amides is 1. The van der Waals surface area contributed by atoms with Crippen LogP contribution in [0.4, 0.5) is 5.13 Å². The average molecular weight is 436 g/mol. The second kappa shape index (κ2) is 9.74. The number of aromatic nitrogens is 1. The summed E-state index contributed by atoms with van der Waals surface area (Å²) in [6, 6.07) is 12.1. The van der Waals surface area contributed by atoms with Gasteiger partial charge in [-0.15, -0.1) is 24.2 Å². The van der Waals surface area contributed by atoms with E-state index in [1.165, 1.54) is 5.56 Å². The van der Waals surface area contributed by atoms with Gasteiger partial charge in [0.25, 0.3) is 5.91 Å². The number of thiazole rings is 1. The molecule has 0 saturated heterocycles. The smallest absolute Gasteiger partial charge is 0.260 e. The number of rotatable bonds is 6. The molecule has 0 atom stereocenters. The number of fused-ring (bicyclic) bond motifs is 1. The Morgan fingerprint density at radius 1 is 1.14 bits per heavy atom. The monoisotopic (exact) mass is 435 g/mol. The predicted molar refractivity (Wildman–Crippen MR) is 125 cm³/mol. The van der Waals surface area contributed by atoms with Gasteiger partial charge in [0.15, 0.2) is 5.13 Å². The standard InChI is InChI=1S/C21H25N3OS2.ClH/c1-14-11-15(2)19-18(12-14)27-21(22-19)24(10-9-23(3)4)20(25)16-7-6-8-17(13-16)26-5;/h6-8,11-13H,9-10H2,1-5H3;1H. The topological polar surface area (TPSA) is 36.4 Å². The van der Waals surface area contributed by atoms with E-state index in [0.717, 1.165) is 32.4 Å². The SMILES string of the molecule is CSc1cccc(C(=O)N(CCN(C)C)c2nc3c(C)cc(C)cc3s2)c1.Cl. The molecule has 0 aliphatic heterocycles. The Morgan fingerprint density at radius 2 is 1.89 bits per heavy atom. The van der Waals surface area contributed by atoms with E-state index in [2.05, 4.69) is 30.9 Å². The molecule has 3 aromatic rings. The number of carbonyl (C=O) groups excluding carboxylic acids is 1. The molecule has 0 aliphatic carbocycles. The molecular formula is C21H26ClN3OS2.